The molecule has 0 saturated heterocycles. The lowest BCUT2D eigenvalue weighted by atomic mass is 10.1. The predicted octanol–water partition coefficient (Wildman–Crippen LogP) is 0.330. The average Bonchev–Trinajstić information content (AvgIpc) is 2.74. The van der Waals surface area contributed by atoms with Crippen molar-refractivity contribution in [2.75, 3.05) is 12.3 Å². The molecule has 0 fully saturated rings. The number of carbonyl (C=O) groups excluding carboxylic acids is 3. The molecular weight excluding hydrogens is 404 g/mol. The van der Waals surface area contributed by atoms with Crippen molar-refractivity contribution in [2.24, 2.45) is 13.0 Å². The van der Waals surface area contributed by atoms with Gasteiger partial charge in [0.25, 0.3) is 11.5 Å². The van der Waals surface area contributed by atoms with Gasteiger partial charge in [0.1, 0.15) is 17.4 Å². The van der Waals surface area contributed by atoms with Crippen LogP contribution in [0.3, 0.4) is 0 Å². The van der Waals surface area contributed by atoms with Crippen molar-refractivity contribution >= 4 is 23.5 Å². The summed E-state index contributed by atoms with van der Waals surface area (Å²) in [5.74, 6) is -2.41. The molecule has 0 saturated carbocycles. The van der Waals surface area contributed by atoms with Crippen molar-refractivity contribution in [3.63, 3.8) is 0 Å². The van der Waals surface area contributed by atoms with Gasteiger partial charge in [-0.05, 0) is 25.0 Å². The number of nitrogen functional groups attached to an aromatic ring is 1. The summed E-state index contributed by atoms with van der Waals surface area (Å²) < 4.78 is 6.89. The highest BCUT2D eigenvalue weighted by Crippen LogP contribution is 2.09. The Morgan fingerprint density at radius 2 is 1.71 bits per heavy atom. The monoisotopic (exact) mass is 430 g/mol. The van der Waals surface area contributed by atoms with Crippen LogP contribution < -0.4 is 22.3 Å². The minimum Gasteiger partial charge on any atom is -0.456 e. The third-order valence-corrected chi connectivity index (χ3v) is 4.49. The number of hydrogen-bond donors (Lipinski definition) is 2. The Morgan fingerprint density at radius 3 is 2.29 bits per heavy atom. The normalized spacial score (nSPS) is 11.8. The summed E-state index contributed by atoms with van der Waals surface area (Å²) in [5, 5.41) is 2.47. The van der Waals surface area contributed by atoms with E-state index in [1.165, 1.54) is 14.0 Å². The molecule has 1 atom stereocenters. The van der Waals surface area contributed by atoms with E-state index in [4.69, 9.17) is 10.5 Å². The molecule has 0 aliphatic rings. The van der Waals surface area contributed by atoms with Gasteiger partial charge in [-0.15, -0.1) is 0 Å². The largest absolute Gasteiger partial charge is 0.456 e. The maximum atomic E-state index is 12.6. The van der Waals surface area contributed by atoms with Crippen LogP contribution in [0.1, 0.15) is 41.5 Å². The number of nitrogens with zero attached hydrogens (tertiary/aromatic N) is 2. The lowest BCUT2D eigenvalue weighted by Gasteiger charge is -2.16. The molecule has 0 bridgehead atoms. The third kappa shape index (κ3) is 5.47. The summed E-state index contributed by atoms with van der Waals surface area (Å²) >= 11 is 0. The van der Waals surface area contributed by atoms with Gasteiger partial charge in [0.2, 0.25) is 5.78 Å². The number of esters is 1. The fraction of sp³-hybridized carbons (Fsp3) is 0.381. The second kappa shape index (κ2) is 9.88. The van der Waals surface area contributed by atoms with Gasteiger partial charge in [-0.2, -0.15) is 0 Å². The summed E-state index contributed by atoms with van der Waals surface area (Å²) in [6.45, 7) is 4.56. The first-order valence-electron chi connectivity index (χ1n) is 9.69. The first-order valence-corrected chi connectivity index (χ1v) is 9.69. The molecule has 0 aliphatic carbocycles. The van der Waals surface area contributed by atoms with Crippen LogP contribution in [0, 0.1) is 5.92 Å². The number of aromatic nitrogens is 2. The molecule has 166 valence electrons. The van der Waals surface area contributed by atoms with Crippen LogP contribution in [0.25, 0.3) is 0 Å². The van der Waals surface area contributed by atoms with Crippen LogP contribution in [0.5, 0.6) is 0 Å². The number of nitrogens with one attached hydrogen (secondary N) is 1. The lowest BCUT2D eigenvalue weighted by molar-refractivity contribution is -0.144. The van der Waals surface area contributed by atoms with E-state index < -0.39 is 47.1 Å². The van der Waals surface area contributed by atoms with E-state index in [1.807, 2.05) is 13.8 Å². The minimum absolute atomic E-state index is 0.0346. The van der Waals surface area contributed by atoms with Gasteiger partial charge in [-0.3, -0.25) is 23.5 Å². The maximum absolute atomic E-state index is 12.6. The average molecular weight is 430 g/mol. The van der Waals surface area contributed by atoms with Crippen LogP contribution in [0.15, 0.2) is 39.9 Å². The van der Waals surface area contributed by atoms with Crippen LogP contribution in [-0.2, 0) is 23.1 Å². The van der Waals surface area contributed by atoms with Crippen molar-refractivity contribution in [3.8, 4) is 0 Å². The van der Waals surface area contributed by atoms with Crippen molar-refractivity contribution in [1.29, 1.82) is 0 Å². The Bertz CT molecular complexity index is 1100. The van der Waals surface area contributed by atoms with Crippen molar-refractivity contribution in [1.82, 2.24) is 14.5 Å². The molecule has 0 aliphatic heterocycles. The quantitative estimate of drug-likeness (QED) is 0.454. The molecular formula is C21H26N4O6. The Morgan fingerprint density at radius 1 is 1.10 bits per heavy atom. The van der Waals surface area contributed by atoms with E-state index in [1.54, 1.807) is 30.3 Å². The smallest absolute Gasteiger partial charge is 0.332 e. The number of Topliss-reactive ketones (excluding diaryl/α,β-unsaturated/α-hetero) is 1. The molecule has 1 aromatic heterocycles. The number of amides is 1. The molecule has 0 spiro atoms. The zero-order chi connectivity index (χ0) is 23.3. The van der Waals surface area contributed by atoms with E-state index >= 15 is 0 Å². The van der Waals surface area contributed by atoms with E-state index in [0.29, 0.717) is 5.56 Å². The van der Waals surface area contributed by atoms with Gasteiger partial charge in [-0.25, -0.2) is 9.59 Å². The van der Waals surface area contributed by atoms with E-state index in [9.17, 15) is 24.0 Å². The van der Waals surface area contributed by atoms with Gasteiger partial charge < -0.3 is 15.8 Å². The standard InChI is InChI=1S/C21H26N4O6/c1-12(2)10-25-17(22)16(19(28)24(4)21(25)30)15(26)11-31-20(29)13(3)23-18(27)14-8-6-5-7-9-14/h5-9,12-13H,10-11,22H2,1-4H3,(H,23,27). The van der Waals surface area contributed by atoms with Gasteiger partial charge in [-0.1, -0.05) is 32.0 Å². The molecule has 31 heavy (non-hydrogen) atoms. The molecule has 10 heteroatoms. The molecule has 1 amide bonds. The maximum Gasteiger partial charge on any atom is 0.332 e. The highest BCUT2D eigenvalue weighted by Gasteiger charge is 2.24. The first kappa shape index (κ1) is 23.6. The number of nitrogens with two attached hydrogens (primary N) is 1. The number of anilines is 1. The van der Waals surface area contributed by atoms with Gasteiger partial charge in [0.15, 0.2) is 6.61 Å². The van der Waals surface area contributed by atoms with Crippen LogP contribution in [-0.4, -0.2) is 39.4 Å². The SMILES string of the molecule is CC(C)Cn1c(N)c(C(=O)COC(=O)C(C)NC(=O)c2ccccc2)c(=O)n(C)c1=O. The number of ketones is 1. The number of carbonyl (C=O) groups is 3. The Balaban J connectivity index is 2.12. The van der Waals surface area contributed by atoms with Crippen molar-refractivity contribution in [3.05, 3.63) is 62.3 Å². The third-order valence-electron chi connectivity index (χ3n) is 4.49. The molecule has 1 aromatic carbocycles. The highest BCUT2D eigenvalue weighted by molar-refractivity contribution is 6.02. The summed E-state index contributed by atoms with van der Waals surface area (Å²) in [7, 11) is 1.24. The topological polar surface area (TPSA) is 142 Å². The lowest BCUT2D eigenvalue weighted by Crippen LogP contribution is -2.44. The second-order valence-electron chi connectivity index (χ2n) is 7.50. The highest BCUT2D eigenvalue weighted by atomic mass is 16.5. The Labute approximate surface area is 178 Å². The molecule has 1 unspecified atom stereocenters. The zero-order valence-corrected chi connectivity index (χ0v) is 17.9. The molecule has 3 N–H and O–H groups in total. The van der Waals surface area contributed by atoms with Gasteiger partial charge in [0.05, 0.1) is 0 Å². The fourth-order valence-electron chi connectivity index (χ4n) is 2.85. The van der Waals surface area contributed by atoms with Crippen LogP contribution in [0.4, 0.5) is 5.82 Å². The molecule has 2 aromatic rings. The van der Waals surface area contributed by atoms with Crippen LogP contribution in [0.2, 0.25) is 0 Å². The van der Waals surface area contributed by atoms with E-state index in [0.717, 1.165) is 9.13 Å². The summed E-state index contributed by atoms with van der Waals surface area (Å²) in [5.41, 5.74) is 4.37. The van der Waals surface area contributed by atoms with E-state index in [2.05, 4.69) is 5.32 Å². The molecule has 2 rings (SSSR count). The number of hydrogen-bond acceptors (Lipinski definition) is 7. The minimum atomic E-state index is -1.03. The summed E-state index contributed by atoms with van der Waals surface area (Å²) in [6.07, 6.45) is 0. The van der Waals surface area contributed by atoms with Crippen molar-refractivity contribution < 1.29 is 19.1 Å². The predicted molar refractivity (Wildman–Crippen MR) is 114 cm³/mol. The molecule has 1 heterocycles. The number of benzene rings is 1. The second-order valence-corrected chi connectivity index (χ2v) is 7.50. The molecule has 10 nitrogen and oxygen atoms in total. The fourth-order valence-corrected chi connectivity index (χ4v) is 2.85. The summed E-state index contributed by atoms with van der Waals surface area (Å²) in [6, 6.07) is 7.25. The summed E-state index contributed by atoms with van der Waals surface area (Å²) in [4.78, 5) is 61.6. The first-order chi connectivity index (χ1) is 14.5. The Kier molecular flexibility index (Phi) is 7.51. The molecule has 0 radical (unpaired) electrons. The number of rotatable bonds is 8. The number of ether oxygens (including phenoxy) is 1. The Hall–Kier alpha value is -3.69. The van der Waals surface area contributed by atoms with Crippen LogP contribution >= 0.6 is 0 Å². The van der Waals surface area contributed by atoms with Gasteiger partial charge >= 0.3 is 11.7 Å². The van der Waals surface area contributed by atoms with Crippen molar-refractivity contribution in [2.45, 2.75) is 33.4 Å². The van der Waals surface area contributed by atoms with Gasteiger partial charge in [0, 0.05) is 19.2 Å². The van der Waals surface area contributed by atoms with E-state index in [-0.39, 0.29) is 18.3 Å². The zero-order valence-electron chi connectivity index (χ0n) is 17.9.